The predicted octanol–water partition coefficient (Wildman–Crippen LogP) is -1.59. The molecule has 0 saturated carbocycles. The second-order valence-corrected chi connectivity index (χ2v) is 8.89. The van der Waals surface area contributed by atoms with Crippen molar-refractivity contribution in [3.63, 3.8) is 0 Å². The molecule has 1 fully saturated rings. The van der Waals surface area contributed by atoms with Crippen LogP contribution in [-0.4, -0.2) is 80.3 Å². The minimum atomic E-state index is -4.05. The Bertz CT molecular complexity index is 990. The lowest BCUT2D eigenvalue weighted by atomic mass is 10.1. The Morgan fingerprint density at radius 2 is 2.06 bits per heavy atom. The van der Waals surface area contributed by atoms with Crippen LogP contribution in [-0.2, 0) is 27.7 Å². The van der Waals surface area contributed by atoms with E-state index >= 15 is 0 Å². The minimum Gasteiger partial charge on any atom is -0.387 e. The summed E-state index contributed by atoms with van der Waals surface area (Å²) in [7, 11) is -2.94. The van der Waals surface area contributed by atoms with Crippen LogP contribution in [0, 0.1) is 0 Å². The van der Waals surface area contributed by atoms with E-state index in [9.17, 15) is 19.6 Å². The summed E-state index contributed by atoms with van der Waals surface area (Å²) in [6, 6.07) is -0.627. The van der Waals surface area contributed by atoms with Crippen molar-refractivity contribution < 1.29 is 37.9 Å². The number of nitrogen functional groups attached to an aromatic ring is 1. The monoisotopic (exact) mass is 475 g/mol. The number of aromatic nitrogens is 4. The number of ether oxygens (including phenoxy) is 1. The second kappa shape index (κ2) is 10.1. The summed E-state index contributed by atoms with van der Waals surface area (Å²) in [4.78, 5) is 22.8. The van der Waals surface area contributed by atoms with Crippen LogP contribution in [0.25, 0.3) is 11.2 Å². The van der Waals surface area contributed by atoms with E-state index < -0.39 is 50.9 Å². The molecular weight excluding hydrogens is 449 g/mol. The first-order valence-electron chi connectivity index (χ1n) is 9.58. The SMILES string of the molecule is COP(=O)(OCC(N)CCC(N)=O)OC[C@H]1O[C@@H](n2cnc3c(N)ncnc32)[C@H](O)[C@@H]1O. The summed E-state index contributed by atoms with van der Waals surface area (Å²) < 4.78 is 34.9. The fourth-order valence-corrected chi connectivity index (χ4v) is 4.05. The molecule has 1 aliphatic heterocycles. The van der Waals surface area contributed by atoms with Gasteiger partial charge in [-0.15, -0.1) is 0 Å². The van der Waals surface area contributed by atoms with Gasteiger partial charge in [0.15, 0.2) is 17.7 Å². The number of aliphatic hydroxyl groups excluding tert-OH is 2. The Balaban J connectivity index is 1.61. The number of phosphoric ester groups is 1. The predicted molar refractivity (Wildman–Crippen MR) is 109 cm³/mol. The number of hydrogen-bond acceptors (Lipinski definition) is 13. The zero-order valence-electron chi connectivity index (χ0n) is 17.2. The van der Waals surface area contributed by atoms with E-state index in [-0.39, 0.29) is 25.3 Å². The topological polar surface area (TPSA) is 233 Å². The molecule has 32 heavy (non-hydrogen) atoms. The van der Waals surface area contributed by atoms with E-state index in [1.54, 1.807) is 0 Å². The van der Waals surface area contributed by atoms with Crippen molar-refractivity contribution in [1.29, 1.82) is 0 Å². The number of nitrogens with two attached hydrogens (primary N) is 3. The first kappa shape index (κ1) is 24.4. The Kier molecular flexibility index (Phi) is 7.74. The van der Waals surface area contributed by atoms with Gasteiger partial charge in [0.2, 0.25) is 5.91 Å². The normalized spacial score (nSPS) is 26.2. The fraction of sp³-hybridized carbons (Fsp3) is 0.625. The van der Waals surface area contributed by atoms with Gasteiger partial charge in [-0.1, -0.05) is 0 Å². The molecule has 1 amide bonds. The number of carbonyl (C=O) groups excluding carboxylic acids is 1. The van der Waals surface area contributed by atoms with Gasteiger partial charge < -0.3 is 32.2 Å². The molecule has 2 aromatic heterocycles. The van der Waals surface area contributed by atoms with E-state index in [1.165, 1.54) is 17.2 Å². The maximum Gasteiger partial charge on any atom is 0.474 e. The molecule has 3 heterocycles. The molecule has 2 aromatic rings. The van der Waals surface area contributed by atoms with Gasteiger partial charge in [0.25, 0.3) is 0 Å². The van der Waals surface area contributed by atoms with Gasteiger partial charge in [-0.2, -0.15) is 0 Å². The van der Waals surface area contributed by atoms with E-state index in [4.69, 9.17) is 35.5 Å². The number of nitrogens with zero attached hydrogens (tertiary/aromatic N) is 4. The van der Waals surface area contributed by atoms with Crippen molar-refractivity contribution in [2.24, 2.45) is 11.5 Å². The summed E-state index contributed by atoms with van der Waals surface area (Å²) in [5.41, 5.74) is 17.2. The van der Waals surface area contributed by atoms with Gasteiger partial charge in [-0.05, 0) is 6.42 Å². The number of carbonyl (C=O) groups is 1. The average molecular weight is 475 g/mol. The van der Waals surface area contributed by atoms with E-state index in [2.05, 4.69) is 15.0 Å². The van der Waals surface area contributed by atoms with Crippen molar-refractivity contribution in [1.82, 2.24) is 19.5 Å². The number of anilines is 1. The highest BCUT2D eigenvalue weighted by Crippen LogP contribution is 2.49. The van der Waals surface area contributed by atoms with Gasteiger partial charge >= 0.3 is 7.82 Å². The third-order valence-corrected chi connectivity index (χ3v) is 6.21. The molecule has 1 aliphatic rings. The maximum absolute atomic E-state index is 12.6. The number of fused-ring (bicyclic) bond motifs is 1. The molecule has 1 saturated heterocycles. The van der Waals surface area contributed by atoms with Crippen molar-refractivity contribution >= 4 is 30.7 Å². The van der Waals surface area contributed by atoms with Gasteiger partial charge in [-0.3, -0.25) is 22.9 Å². The molecule has 0 aliphatic carbocycles. The van der Waals surface area contributed by atoms with E-state index in [1.807, 2.05) is 0 Å². The van der Waals surface area contributed by atoms with Crippen LogP contribution in [0.5, 0.6) is 0 Å². The third kappa shape index (κ3) is 5.39. The Morgan fingerprint density at radius 1 is 1.31 bits per heavy atom. The highest BCUT2D eigenvalue weighted by molar-refractivity contribution is 7.48. The number of phosphoric acid groups is 1. The van der Waals surface area contributed by atoms with Gasteiger partial charge in [0, 0.05) is 19.6 Å². The molecule has 0 bridgehead atoms. The molecule has 16 heteroatoms. The molecule has 3 rings (SSSR count). The number of primary amides is 1. The number of amides is 1. The lowest BCUT2D eigenvalue weighted by Crippen LogP contribution is -2.34. The largest absolute Gasteiger partial charge is 0.474 e. The number of hydrogen-bond donors (Lipinski definition) is 5. The van der Waals surface area contributed by atoms with E-state index in [0.29, 0.717) is 11.2 Å². The standard InChI is InChI=1S/C16H26N7O8P/c1-28-32(27,29-4-8(17)2-3-10(18)24)30-5-9-12(25)13(26)16(31-9)23-7-22-11-14(19)20-6-21-15(11)23/h6-9,12-13,16,25-26H,2-5,17H2,1H3,(H2,18,24)(H2,19,20,21)/t8?,9-,12-,13-,16-,32?/m1/s1. The molecule has 0 radical (unpaired) electrons. The average Bonchev–Trinajstić information content (AvgIpc) is 3.31. The molecule has 2 unspecified atom stereocenters. The molecule has 8 N–H and O–H groups in total. The fourth-order valence-electron chi connectivity index (χ4n) is 3.06. The zero-order chi connectivity index (χ0) is 23.5. The molecular formula is C16H26N7O8P. The van der Waals surface area contributed by atoms with Crippen LogP contribution in [0.2, 0.25) is 0 Å². The van der Waals surface area contributed by atoms with Crippen molar-refractivity contribution in [2.75, 3.05) is 26.1 Å². The molecule has 15 nitrogen and oxygen atoms in total. The van der Waals surface area contributed by atoms with Gasteiger partial charge in [0.1, 0.15) is 30.2 Å². The lowest BCUT2D eigenvalue weighted by molar-refractivity contribution is -0.118. The van der Waals surface area contributed by atoms with Gasteiger partial charge in [0.05, 0.1) is 19.5 Å². The number of imidazole rings is 1. The molecule has 178 valence electrons. The van der Waals surface area contributed by atoms with Crippen LogP contribution < -0.4 is 17.2 Å². The van der Waals surface area contributed by atoms with Gasteiger partial charge in [-0.25, -0.2) is 19.5 Å². The quantitative estimate of drug-likeness (QED) is 0.231. The smallest absolute Gasteiger partial charge is 0.387 e. The third-order valence-electron chi connectivity index (χ3n) is 4.83. The first-order chi connectivity index (χ1) is 15.1. The molecule has 0 spiro atoms. The highest BCUT2D eigenvalue weighted by Gasteiger charge is 2.45. The van der Waals surface area contributed by atoms with Crippen molar-refractivity contribution in [3.8, 4) is 0 Å². The van der Waals surface area contributed by atoms with Crippen molar-refractivity contribution in [2.45, 2.75) is 43.4 Å². The lowest BCUT2D eigenvalue weighted by Gasteiger charge is -2.21. The van der Waals surface area contributed by atoms with Crippen LogP contribution in [0.4, 0.5) is 5.82 Å². The van der Waals surface area contributed by atoms with Crippen LogP contribution in [0.15, 0.2) is 12.7 Å². The number of rotatable bonds is 11. The summed E-state index contributed by atoms with van der Waals surface area (Å²) in [6.45, 7) is -0.653. The maximum atomic E-state index is 12.6. The zero-order valence-corrected chi connectivity index (χ0v) is 18.1. The Labute approximate surface area is 182 Å². The highest BCUT2D eigenvalue weighted by atomic mass is 31.2. The molecule has 0 aromatic carbocycles. The summed E-state index contributed by atoms with van der Waals surface area (Å²) >= 11 is 0. The first-order valence-corrected chi connectivity index (χ1v) is 11.0. The summed E-state index contributed by atoms with van der Waals surface area (Å²) in [5.74, 6) is -0.374. The molecule has 6 atom stereocenters. The van der Waals surface area contributed by atoms with E-state index in [0.717, 1.165) is 7.11 Å². The number of aliphatic hydroxyl groups is 2. The second-order valence-electron chi connectivity index (χ2n) is 7.12. The van der Waals surface area contributed by atoms with Crippen LogP contribution >= 0.6 is 7.82 Å². The van der Waals surface area contributed by atoms with Crippen molar-refractivity contribution in [3.05, 3.63) is 12.7 Å². The minimum absolute atomic E-state index is 0.0452. The Morgan fingerprint density at radius 3 is 2.75 bits per heavy atom. The van der Waals surface area contributed by atoms with Crippen LogP contribution in [0.1, 0.15) is 19.1 Å². The summed E-state index contributed by atoms with van der Waals surface area (Å²) in [6.07, 6.45) is -2.06. The van der Waals surface area contributed by atoms with Crippen LogP contribution in [0.3, 0.4) is 0 Å². The Hall–Kier alpha value is -2.23. The summed E-state index contributed by atoms with van der Waals surface area (Å²) in [5, 5.41) is 20.8.